The summed E-state index contributed by atoms with van der Waals surface area (Å²) in [4.78, 5) is 2.55. The molecule has 19 heteroatoms. The molecule has 3 nitrogen and oxygen atoms in total. The second kappa shape index (κ2) is 61.4. The van der Waals surface area contributed by atoms with Gasteiger partial charge in [-0.05, 0) is 229 Å². The minimum Gasteiger partial charge on any atom is -1.00 e. The zero-order valence-electron chi connectivity index (χ0n) is 86.6. The van der Waals surface area contributed by atoms with Gasteiger partial charge in [0.25, 0.3) is 0 Å². The summed E-state index contributed by atoms with van der Waals surface area (Å²) >= 11 is -3.23. The topological polar surface area (TPSA) is 20.4 Å². The number of hydrogen-bond donors (Lipinski definition) is 0. The molecule has 5 aromatic carbocycles. The van der Waals surface area contributed by atoms with E-state index in [1.807, 2.05) is 69.9 Å². The van der Waals surface area contributed by atoms with E-state index in [0.717, 1.165) is 49.7 Å². The van der Waals surface area contributed by atoms with E-state index in [1.165, 1.54) is 86.8 Å². The largest absolute Gasteiger partial charge is 1.00 e. The van der Waals surface area contributed by atoms with Gasteiger partial charge in [-0.2, -0.15) is 9.99 Å². The number of rotatable bonds is 19. The van der Waals surface area contributed by atoms with Crippen LogP contribution in [0.1, 0.15) is 400 Å². The molecule has 8 fully saturated rings. The first kappa shape index (κ1) is 125. The van der Waals surface area contributed by atoms with E-state index < -0.39 is 51.1 Å². The van der Waals surface area contributed by atoms with Crippen molar-refractivity contribution in [1.29, 1.82) is 0 Å². The maximum absolute atomic E-state index is 9.67. The molecule has 131 heavy (non-hydrogen) atoms. The average molecular weight is 2130 g/mol. The van der Waals surface area contributed by atoms with E-state index in [0.29, 0.717) is 16.7 Å². The van der Waals surface area contributed by atoms with Crippen molar-refractivity contribution in [1.82, 2.24) is 0 Å². The van der Waals surface area contributed by atoms with Crippen LogP contribution in [-0.2, 0) is 65.6 Å². The number of nitrogens with zero attached hydrogens (tertiary/aromatic N) is 3. The van der Waals surface area contributed by atoms with Gasteiger partial charge in [0.1, 0.15) is 0 Å². The van der Waals surface area contributed by atoms with E-state index in [-0.39, 0.29) is 68.7 Å². The van der Waals surface area contributed by atoms with Crippen molar-refractivity contribution < 1.29 is 68.1 Å². The Bertz CT molecular complexity index is 3700. The molecule has 744 valence electrons. The van der Waals surface area contributed by atoms with Crippen molar-refractivity contribution in [3.8, 4) is 0 Å². The van der Waals surface area contributed by atoms with E-state index in [4.69, 9.17) is 43.4 Å². The fourth-order valence-electron chi connectivity index (χ4n) is 24.3. The SMILES string of the molecule is C.C1CCC([PH+](C2CCCCC2)C2CCCCC2)CC1.C1CCC([PH+](C2CCCCC2)C2CCCCC2)CC1.CCc1cccc(CC)c1C1[CH-]C(C)(C)CC1(C)C.CCc1cccc(CC)c1N1[CH-]C(C)(C)CC1(C)C.CCc1cccc(CC)c1[N+]1=CC(C)(C)CC1(C)C.C[Si](C)(C)[N-][Si](C)(C)C.FB(F)F.[Cl][Ru]([Cl])=[CH]c1ccccc1.[Cl][Ru]([Cl])=[CH]c1ccccc1.[F-].[Li+]. The van der Waals surface area contributed by atoms with Gasteiger partial charge in [-0.25, -0.2) is 6.54 Å². The predicted octanol–water partition coefficient (Wildman–Crippen LogP) is 31.8. The van der Waals surface area contributed by atoms with Crippen LogP contribution in [-0.4, -0.2) is 89.1 Å². The fourth-order valence-corrected chi connectivity index (χ4v) is 46.5. The van der Waals surface area contributed by atoms with Gasteiger partial charge in [0.15, 0.2) is 11.8 Å². The zero-order chi connectivity index (χ0) is 94.7. The summed E-state index contributed by atoms with van der Waals surface area (Å²) in [5, 5.41) is 0. The third kappa shape index (κ3) is 44.0. The summed E-state index contributed by atoms with van der Waals surface area (Å²) in [5.74, 6) is 0.605. The average Bonchev–Trinajstić information content (AvgIpc) is 1.62. The molecule has 1 atom stereocenters. The molecular weight excluding hydrogens is 1940 g/mol. The van der Waals surface area contributed by atoms with E-state index in [9.17, 15) is 12.9 Å². The van der Waals surface area contributed by atoms with Crippen LogP contribution in [0.25, 0.3) is 4.65 Å². The van der Waals surface area contributed by atoms with Gasteiger partial charge in [0.2, 0.25) is 5.69 Å². The van der Waals surface area contributed by atoms with Gasteiger partial charge < -0.3 is 20.7 Å². The Labute approximate surface area is 847 Å². The molecule has 0 N–H and O–H groups in total. The Balaban J connectivity index is 0.000000387. The molecule has 2 aliphatic heterocycles. The Morgan fingerprint density at radius 3 is 0.924 bits per heavy atom. The number of benzene rings is 5. The van der Waals surface area contributed by atoms with Crippen LogP contribution in [0, 0.1) is 34.6 Å². The molecule has 0 radical (unpaired) electrons. The zero-order valence-corrected chi connectivity index (χ0v) is 97.1. The predicted molar refractivity (Wildman–Crippen MR) is 583 cm³/mol. The summed E-state index contributed by atoms with van der Waals surface area (Å²) < 4.78 is 40.2. The first-order chi connectivity index (χ1) is 60.3. The standard InChI is InChI=1S/C19H29.2C18H28N.2C18H33P.2C7H6.C6H18NSi2.CH4.BF3.4ClH.FH.Li.2Ru/c1-7-14-10-9-11-15(8-2)17(14)16-12-18(3,4)13-19(16,5)6;2*1-7-14-10-9-11-15(8-2)16(14)19-13-17(3,4)12-18(19,5)6;2*1-4-10-16(11-5-1)19(17-12-6-2-7-13-17)18-14-8-3-9-15-18;2*1-7-5-3-2-4-6-7;1-8(2,3)7-9(4,5)6;;2-1(3)4;;;;;;;;/h9-12,16H,7-8,13H2,1-6H3;2*9-11,13H,7-8,12H2,1-6H3;2*16-18H,1-15H2;2*1-6H;1-6H3;1H4;;5*1H;;;/q2*-1;+1;;;;;-1;;;;;;;;+1;2*+2/p-3. The summed E-state index contributed by atoms with van der Waals surface area (Å²) in [6, 6.07) is 40.2. The van der Waals surface area contributed by atoms with Crippen LogP contribution >= 0.6 is 54.6 Å². The smallest absolute Gasteiger partial charge is 1.00 e. The molecule has 5 aromatic rings. The second-order valence-corrected chi connectivity index (χ2v) is 72.8. The van der Waals surface area contributed by atoms with Gasteiger partial charge in [-0.3, -0.25) is 12.9 Å². The maximum Gasteiger partial charge on any atom is 1.00 e. The van der Waals surface area contributed by atoms with E-state index >= 15 is 0 Å². The van der Waals surface area contributed by atoms with Gasteiger partial charge in [0, 0.05) is 63.9 Å². The number of halogens is 8. The quantitative estimate of drug-likeness (QED) is 0.0265. The van der Waals surface area contributed by atoms with Crippen molar-refractivity contribution in [2.24, 2.45) is 21.7 Å². The second-order valence-electron chi connectivity index (χ2n) is 44.9. The van der Waals surface area contributed by atoms with Crippen molar-refractivity contribution in [3.63, 3.8) is 0 Å². The molecule has 1 unspecified atom stereocenters. The molecule has 9 aliphatic rings. The van der Waals surface area contributed by atoms with Crippen LogP contribution in [0.4, 0.5) is 24.3 Å². The molecule has 7 aliphatic carbocycles. The Hall–Kier alpha value is -0.647. The van der Waals surface area contributed by atoms with Gasteiger partial charge in [0.05, 0.1) is 34.0 Å². The maximum atomic E-state index is 9.67. The third-order valence-electron chi connectivity index (χ3n) is 28.3. The van der Waals surface area contributed by atoms with Crippen LogP contribution in [0.2, 0.25) is 39.3 Å². The van der Waals surface area contributed by atoms with Crippen molar-refractivity contribution in [3.05, 3.63) is 183 Å². The molecular formula is C112H187BCl4F4LiN3P2Ru2Si2. The number of hydrogen-bond acceptors (Lipinski definition) is 1. The molecule has 1 saturated heterocycles. The monoisotopic (exact) mass is 2130 g/mol. The van der Waals surface area contributed by atoms with Gasteiger partial charge >= 0.3 is 173 Å². The van der Waals surface area contributed by atoms with E-state index in [1.54, 1.807) is 209 Å². The van der Waals surface area contributed by atoms with E-state index in [2.05, 4.69) is 247 Å². The molecule has 0 aromatic heterocycles. The fraction of sp³-hybridized carbons (Fsp3) is 0.688. The minimum absolute atomic E-state index is 0. The molecule has 7 saturated carbocycles. The van der Waals surface area contributed by atoms with Gasteiger partial charge in [-0.15, -0.1) is 11.3 Å². The number of aryl methyl sites for hydroxylation is 6. The normalized spacial score (nSPS) is 20.8. The number of anilines is 1. The summed E-state index contributed by atoms with van der Waals surface area (Å²) in [7, 11) is 16.7. The van der Waals surface area contributed by atoms with Crippen LogP contribution in [0.5, 0.6) is 0 Å². The summed E-state index contributed by atoms with van der Waals surface area (Å²) in [6.07, 6.45) is 63.0. The molecule has 0 spiro atoms. The first-order valence-corrected chi connectivity index (χ1v) is 72.3. The molecule has 2 heterocycles. The molecule has 0 bridgehead atoms. The van der Waals surface area contributed by atoms with Gasteiger partial charge in [-0.1, -0.05) is 277 Å². The van der Waals surface area contributed by atoms with Crippen LogP contribution in [0.3, 0.4) is 0 Å². The van der Waals surface area contributed by atoms with Crippen molar-refractivity contribution in [2.45, 2.75) is 473 Å². The molecule has 0 amide bonds. The summed E-state index contributed by atoms with van der Waals surface area (Å²) in [5.41, 5.74) is 24.9. The van der Waals surface area contributed by atoms with Crippen LogP contribution in [0.15, 0.2) is 115 Å². The third-order valence-corrected chi connectivity index (χ3v) is 46.5. The number of para-hydroxylation sites is 2. The Morgan fingerprint density at radius 1 is 0.420 bits per heavy atom. The Morgan fingerprint density at radius 2 is 0.702 bits per heavy atom. The van der Waals surface area contributed by atoms with Crippen molar-refractivity contribution in [2.75, 3.05) is 4.90 Å². The summed E-state index contributed by atoms with van der Waals surface area (Å²) in [6.45, 7) is 58.3. The first-order valence-electron chi connectivity index (χ1n) is 51.0. The minimum atomic E-state index is -3.67. The molecule has 14 rings (SSSR count). The van der Waals surface area contributed by atoms with Crippen LogP contribution < -0.4 is 28.5 Å². The van der Waals surface area contributed by atoms with Crippen molar-refractivity contribution >= 4 is 105 Å². The Kier molecular flexibility index (Phi) is 58.3.